The lowest BCUT2D eigenvalue weighted by molar-refractivity contribution is -0.130. The highest BCUT2D eigenvalue weighted by atomic mass is 35.5. The van der Waals surface area contributed by atoms with E-state index in [2.05, 4.69) is 0 Å². The molecular weight excluding hydrogens is 342 g/mol. The van der Waals surface area contributed by atoms with Gasteiger partial charge in [-0.15, -0.1) is 0 Å². The summed E-state index contributed by atoms with van der Waals surface area (Å²) in [5, 5.41) is 9.69. The van der Waals surface area contributed by atoms with Crippen LogP contribution in [0.25, 0.3) is 0 Å². The normalized spacial score (nSPS) is 10.3. The molecule has 25 heavy (non-hydrogen) atoms. The number of aromatic carboxylic acids is 1. The number of carboxylic acid groups (broad SMARTS) is 1. The number of benzene rings is 2. The summed E-state index contributed by atoms with van der Waals surface area (Å²) < 4.78 is 5.57. The van der Waals surface area contributed by atoms with E-state index in [1.807, 2.05) is 12.1 Å². The summed E-state index contributed by atoms with van der Waals surface area (Å²) in [4.78, 5) is 25.0. The van der Waals surface area contributed by atoms with Crippen LogP contribution in [0.4, 0.5) is 0 Å². The standard InChI is InChI=1S/C19H20ClNO4/c1-21(12-13-25-17-9-5-4-8-16(17)20)18(22)11-10-14-6-2-3-7-15(14)19(23)24/h2-9H,10-13H2,1H3,(H,23,24). The number of halogens is 1. The first-order valence-corrected chi connectivity index (χ1v) is 8.29. The van der Waals surface area contributed by atoms with E-state index in [-0.39, 0.29) is 17.9 Å². The van der Waals surface area contributed by atoms with Gasteiger partial charge in [-0.1, -0.05) is 41.9 Å². The van der Waals surface area contributed by atoms with Crippen LogP contribution in [0.5, 0.6) is 5.75 Å². The second-order valence-corrected chi connectivity index (χ2v) is 5.96. The molecule has 0 bridgehead atoms. The summed E-state index contributed by atoms with van der Waals surface area (Å²) in [7, 11) is 1.70. The van der Waals surface area contributed by atoms with E-state index in [4.69, 9.17) is 21.4 Å². The topological polar surface area (TPSA) is 66.8 Å². The first kappa shape index (κ1) is 18.8. The maximum atomic E-state index is 12.2. The summed E-state index contributed by atoms with van der Waals surface area (Å²) in [6, 6.07) is 13.9. The Morgan fingerprint density at radius 1 is 1.12 bits per heavy atom. The number of likely N-dealkylation sites (N-methyl/N-ethyl adjacent to an activating group) is 1. The van der Waals surface area contributed by atoms with E-state index < -0.39 is 5.97 Å². The summed E-state index contributed by atoms with van der Waals surface area (Å²) in [6.07, 6.45) is 0.629. The van der Waals surface area contributed by atoms with Crippen LogP contribution in [0.2, 0.25) is 5.02 Å². The average molecular weight is 362 g/mol. The Kier molecular flexibility index (Phi) is 6.83. The molecule has 0 saturated carbocycles. The van der Waals surface area contributed by atoms with Crippen molar-refractivity contribution in [2.75, 3.05) is 20.2 Å². The number of rotatable bonds is 8. The van der Waals surface area contributed by atoms with Crippen LogP contribution < -0.4 is 4.74 Å². The van der Waals surface area contributed by atoms with Gasteiger partial charge in [0.2, 0.25) is 5.91 Å². The molecule has 132 valence electrons. The molecule has 0 aliphatic heterocycles. The number of hydrogen-bond donors (Lipinski definition) is 1. The van der Waals surface area contributed by atoms with Crippen LogP contribution in [-0.4, -0.2) is 42.1 Å². The molecule has 5 nitrogen and oxygen atoms in total. The molecule has 2 rings (SSSR count). The predicted octanol–water partition coefficient (Wildman–Crippen LogP) is 3.51. The SMILES string of the molecule is CN(CCOc1ccccc1Cl)C(=O)CCc1ccccc1C(=O)O. The number of hydrogen-bond acceptors (Lipinski definition) is 3. The van der Waals surface area contributed by atoms with Crippen LogP contribution in [0.3, 0.4) is 0 Å². The van der Waals surface area contributed by atoms with E-state index in [9.17, 15) is 9.59 Å². The third-order valence-corrected chi connectivity index (χ3v) is 4.11. The molecule has 6 heteroatoms. The Hall–Kier alpha value is -2.53. The number of carbonyl (C=O) groups is 2. The van der Waals surface area contributed by atoms with Gasteiger partial charge in [-0.05, 0) is 30.2 Å². The maximum Gasteiger partial charge on any atom is 0.335 e. The smallest absolute Gasteiger partial charge is 0.335 e. The third-order valence-electron chi connectivity index (χ3n) is 3.80. The third kappa shape index (κ3) is 5.50. The quantitative estimate of drug-likeness (QED) is 0.781. The van der Waals surface area contributed by atoms with Crippen molar-refractivity contribution in [2.45, 2.75) is 12.8 Å². The Bertz CT molecular complexity index is 748. The van der Waals surface area contributed by atoms with E-state index in [0.29, 0.717) is 35.9 Å². The van der Waals surface area contributed by atoms with Crippen LogP contribution >= 0.6 is 11.6 Å². The fraction of sp³-hybridized carbons (Fsp3) is 0.263. The molecule has 0 fully saturated rings. The van der Waals surface area contributed by atoms with Gasteiger partial charge in [0.05, 0.1) is 17.1 Å². The first-order chi connectivity index (χ1) is 12.0. The molecule has 0 atom stereocenters. The largest absolute Gasteiger partial charge is 0.490 e. The van der Waals surface area contributed by atoms with E-state index in [1.54, 1.807) is 48.3 Å². The number of carbonyl (C=O) groups excluding carboxylic acids is 1. The first-order valence-electron chi connectivity index (χ1n) is 7.91. The number of aryl methyl sites for hydroxylation is 1. The van der Waals surface area contributed by atoms with Crippen molar-refractivity contribution >= 4 is 23.5 Å². The fourth-order valence-electron chi connectivity index (χ4n) is 2.36. The van der Waals surface area contributed by atoms with Gasteiger partial charge in [-0.3, -0.25) is 4.79 Å². The summed E-state index contributed by atoms with van der Waals surface area (Å²) in [5.41, 5.74) is 0.893. The maximum absolute atomic E-state index is 12.2. The van der Waals surface area contributed by atoms with Gasteiger partial charge in [-0.25, -0.2) is 4.79 Å². The molecule has 0 aliphatic rings. The second kappa shape index (κ2) is 9.08. The number of nitrogens with zero attached hydrogens (tertiary/aromatic N) is 1. The summed E-state index contributed by atoms with van der Waals surface area (Å²) >= 11 is 6.01. The minimum atomic E-state index is -0.982. The Labute approximate surface area is 151 Å². The molecule has 0 aliphatic carbocycles. The fourth-order valence-corrected chi connectivity index (χ4v) is 2.55. The van der Waals surface area contributed by atoms with Crippen LogP contribution in [0, 0.1) is 0 Å². The zero-order valence-corrected chi connectivity index (χ0v) is 14.7. The molecule has 2 aromatic rings. The van der Waals surface area contributed by atoms with Gasteiger partial charge in [-0.2, -0.15) is 0 Å². The highest BCUT2D eigenvalue weighted by molar-refractivity contribution is 6.32. The van der Waals surface area contributed by atoms with Crippen molar-refractivity contribution in [3.63, 3.8) is 0 Å². The van der Waals surface area contributed by atoms with Gasteiger partial charge in [0.1, 0.15) is 12.4 Å². The Balaban J connectivity index is 1.81. The zero-order valence-electron chi connectivity index (χ0n) is 13.9. The van der Waals surface area contributed by atoms with E-state index >= 15 is 0 Å². The Morgan fingerprint density at radius 2 is 1.80 bits per heavy atom. The Morgan fingerprint density at radius 3 is 2.52 bits per heavy atom. The van der Waals surface area contributed by atoms with Crippen molar-refractivity contribution in [3.8, 4) is 5.75 Å². The minimum Gasteiger partial charge on any atom is -0.490 e. The molecule has 0 spiro atoms. The molecule has 1 N–H and O–H groups in total. The van der Waals surface area contributed by atoms with Gasteiger partial charge < -0.3 is 14.7 Å². The minimum absolute atomic E-state index is 0.0667. The zero-order chi connectivity index (χ0) is 18.2. The van der Waals surface area contributed by atoms with Gasteiger partial charge in [0, 0.05) is 13.5 Å². The lowest BCUT2D eigenvalue weighted by Crippen LogP contribution is -2.31. The number of amides is 1. The summed E-state index contributed by atoms with van der Waals surface area (Å²) in [5.74, 6) is -0.465. The summed E-state index contributed by atoms with van der Waals surface area (Å²) in [6.45, 7) is 0.752. The molecule has 0 radical (unpaired) electrons. The highest BCUT2D eigenvalue weighted by Crippen LogP contribution is 2.22. The second-order valence-electron chi connectivity index (χ2n) is 5.56. The molecule has 1 amide bonds. The predicted molar refractivity (Wildman–Crippen MR) is 96.3 cm³/mol. The lowest BCUT2D eigenvalue weighted by atomic mass is 10.0. The van der Waals surface area contributed by atoms with E-state index in [1.165, 1.54) is 0 Å². The number of carboxylic acids is 1. The van der Waals surface area contributed by atoms with Gasteiger partial charge >= 0.3 is 5.97 Å². The monoisotopic (exact) mass is 361 g/mol. The molecule has 0 aromatic heterocycles. The number of ether oxygens (including phenoxy) is 1. The van der Waals surface area contributed by atoms with Crippen LogP contribution in [0.15, 0.2) is 48.5 Å². The lowest BCUT2D eigenvalue weighted by Gasteiger charge is -2.18. The van der Waals surface area contributed by atoms with Crippen molar-refractivity contribution in [3.05, 3.63) is 64.7 Å². The molecular formula is C19H20ClNO4. The van der Waals surface area contributed by atoms with Crippen molar-refractivity contribution in [1.82, 2.24) is 4.90 Å². The van der Waals surface area contributed by atoms with Crippen LogP contribution in [0.1, 0.15) is 22.3 Å². The highest BCUT2D eigenvalue weighted by Gasteiger charge is 2.13. The van der Waals surface area contributed by atoms with Gasteiger partial charge in [0.15, 0.2) is 0 Å². The molecule has 0 heterocycles. The van der Waals surface area contributed by atoms with Gasteiger partial charge in [0.25, 0.3) is 0 Å². The molecule has 2 aromatic carbocycles. The van der Waals surface area contributed by atoms with Crippen molar-refractivity contribution in [1.29, 1.82) is 0 Å². The van der Waals surface area contributed by atoms with E-state index in [0.717, 1.165) is 0 Å². The van der Waals surface area contributed by atoms with Crippen LogP contribution in [-0.2, 0) is 11.2 Å². The van der Waals surface area contributed by atoms with Crippen molar-refractivity contribution < 1.29 is 19.4 Å². The molecule has 0 saturated heterocycles. The number of para-hydroxylation sites is 1. The van der Waals surface area contributed by atoms with Crippen molar-refractivity contribution in [2.24, 2.45) is 0 Å². The molecule has 0 unspecified atom stereocenters. The average Bonchev–Trinajstić information content (AvgIpc) is 2.61.